The zero-order chi connectivity index (χ0) is 11.8. The van der Waals surface area contributed by atoms with Crippen LogP contribution in [0.3, 0.4) is 0 Å². The van der Waals surface area contributed by atoms with E-state index in [2.05, 4.69) is 48.6 Å². The molecular weight excluding hydrogens is 216 g/mol. The Kier molecular flexibility index (Phi) is 1.42. The molecule has 0 heteroatoms. The fourth-order valence-electron chi connectivity index (χ4n) is 5.66. The van der Waals surface area contributed by atoms with Gasteiger partial charge in [-0.05, 0) is 30.4 Å². The third-order valence-corrected chi connectivity index (χ3v) is 6.34. The van der Waals surface area contributed by atoms with Crippen LogP contribution in [0.2, 0.25) is 0 Å². The van der Waals surface area contributed by atoms with Crippen molar-refractivity contribution in [1.82, 2.24) is 0 Å². The van der Waals surface area contributed by atoms with E-state index in [1.54, 1.807) is 11.1 Å². The summed E-state index contributed by atoms with van der Waals surface area (Å²) in [4.78, 5) is 0. The van der Waals surface area contributed by atoms with Crippen LogP contribution in [0.25, 0.3) is 0 Å². The molecule has 0 N–H and O–H groups in total. The zero-order valence-electron chi connectivity index (χ0n) is 10.7. The minimum absolute atomic E-state index is 0.378. The lowest BCUT2D eigenvalue weighted by Gasteiger charge is -2.35. The van der Waals surface area contributed by atoms with Crippen molar-refractivity contribution in [2.45, 2.75) is 42.9 Å². The molecule has 1 spiro atoms. The Bertz CT molecular complexity index is 600. The molecule has 0 radical (unpaired) electrons. The summed E-state index contributed by atoms with van der Waals surface area (Å²) >= 11 is 0. The van der Waals surface area contributed by atoms with E-state index in [9.17, 15) is 0 Å². The fourth-order valence-corrected chi connectivity index (χ4v) is 5.66. The van der Waals surface area contributed by atoms with E-state index in [0.717, 1.165) is 0 Å². The highest BCUT2D eigenvalue weighted by molar-refractivity contribution is 5.66. The number of benzene rings is 1. The standard InChI is InChI=1S/C18H18/c1-2-8-15-14(7-1)16(9-3-4-10-16)18-12-6-5-11-17(15,18)13-18/h1-2,5-8,11-12H,3-4,9-10,13H2. The first-order valence-corrected chi connectivity index (χ1v) is 7.32. The number of rotatable bonds is 0. The smallest absolute Gasteiger partial charge is 0.0247 e. The van der Waals surface area contributed by atoms with Gasteiger partial charge in [0.25, 0.3) is 0 Å². The summed E-state index contributed by atoms with van der Waals surface area (Å²) in [6.07, 6.45) is 16.6. The summed E-state index contributed by atoms with van der Waals surface area (Å²) in [6, 6.07) is 9.30. The van der Waals surface area contributed by atoms with Gasteiger partial charge in [0.15, 0.2) is 0 Å². The van der Waals surface area contributed by atoms with Gasteiger partial charge in [0.1, 0.15) is 0 Å². The van der Waals surface area contributed by atoms with Crippen molar-refractivity contribution >= 4 is 0 Å². The van der Waals surface area contributed by atoms with Crippen LogP contribution < -0.4 is 0 Å². The lowest BCUT2D eigenvalue weighted by Crippen LogP contribution is -2.32. The molecule has 1 aromatic carbocycles. The highest BCUT2D eigenvalue weighted by Crippen LogP contribution is 2.83. The van der Waals surface area contributed by atoms with Gasteiger partial charge in [-0.15, -0.1) is 0 Å². The Morgan fingerprint density at radius 1 is 0.833 bits per heavy atom. The molecule has 0 aromatic heterocycles. The molecule has 0 bridgehead atoms. The van der Waals surface area contributed by atoms with Gasteiger partial charge < -0.3 is 0 Å². The molecule has 18 heavy (non-hydrogen) atoms. The predicted molar refractivity (Wildman–Crippen MR) is 73.6 cm³/mol. The molecule has 2 fully saturated rings. The third-order valence-electron chi connectivity index (χ3n) is 6.34. The van der Waals surface area contributed by atoms with Crippen LogP contribution in [0.5, 0.6) is 0 Å². The quantitative estimate of drug-likeness (QED) is 0.629. The van der Waals surface area contributed by atoms with Gasteiger partial charge in [-0.25, -0.2) is 0 Å². The van der Waals surface area contributed by atoms with Crippen LogP contribution in [-0.4, -0.2) is 0 Å². The second-order valence-electron chi connectivity index (χ2n) is 6.67. The van der Waals surface area contributed by atoms with E-state index < -0.39 is 0 Å². The maximum atomic E-state index is 2.55. The van der Waals surface area contributed by atoms with Crippen LogP contribution in [0.1, 0.15) is 43.2 Å². The maximum absolute atomic E-state index is 2.55. The average molecular weight is 234 g/mol. The monoisotopic (exact) mass is 234 g/mol. The molecule has 1 aromatic rings. The summed E-state index contributed by atoms with van der Waals surface area (Å²) in [6.45, 7) is 0. The van der Waals surface area contributed by atoms with Gasteiger partial charge in [-0.2, -0.15) is 0 Å². The van der Waals surface area contributed by atoms with E-state index in [4.69, 9.17) is 0 Å². The lowest BCUT2D eigenvalue weighted by molar-refractivity contribution is 0.304. The van der Waals surface area contributed by atoms with Crippen molar-refractivity contribution in [3.05, 3.63) is 59.7 Å². The van der Waals surface area contributed by atoms with Gasteiger partial charge in [0.2, 0.25) is 0 Å². The SMILES string of the molecule is C1=CC23CC2(C=C1)C1(CCCC1)c1ccccc13. The van der Waals surface area contributed by atoms with Crippen LogP contribution >= 0.6 is 0 Å². The first-order chi connectivity index (χ1) is 8.85. The molecule has 2 saturated carbocycles. The first kappa shape index (κ1) is 9.61. The van der Waals surface area contributed by atoms with E-state index in [-0.39, 0.29) is 0 Å². The van der Waals surface area contributed by atoms with Gasteiger partial charge >= 0.3 is 0 Å². The van der Waals surface area contributed by atoms with Gasteiger partial charge in [0, 0.05) is 16.2 Å². The number of hydrogen-bond acceptors (Lipinski definition) is 0. The van der Waals surface area contributed by atoms with Crippen molar-refractivity contribution < 1.29 is 0 Å². The Balaban J connectivity index is 1.87. The Morgan fingerprint density at radius 2 is 1.56 bits per heavy atom. The van der Waals surface area contributed by atoms with Gasteiger partial charge in [0.05, 0.1) is 0 Å². The van der Waals surface area contributed by atoms with E-state index in [1.165, 1.54) is 32.1 Å². The highest BCUT2D eigenvalue weighted by atomic mass is 14.8. The molecule has 4 aliphatic rings. The van der Waals surface area contributed by atoms with Crippen molar-refractivity contribution in [2.24, 2.45) is 5.41 Å². The van der Waals surface area contributed by atoms with Crippen molar-refractivity contribution in [3.8, 4) is 0 Å². The predicted octanol–water partition coefficient (Wildman–Crippen LogP) is 4.27. The molecule has 2 atom stereocenters. The molecule has 4 aliphatic carbocycles. The topological polar surface area (TPSA) is 0 Å². The normalized spacial score (nSPS) is 40.7. The van der Waals surface area contributed by atoms with Crippen LogP contribution in [0.4, 0.5) is 0 Å². The molecule has 0 amide bonds. The minimum atomic E-state index is 0.378. The average Bonchev–Trinajstić information content (AvgIpc) is 2.81. The van der Waals surface area contributed by atoms with E-state index >= 15 is 0 Å². The number of fused-ring (bicyclic) bond motifs is 2. The Labute approximate surface area is 108 Å². The van der Waals surface area contributed by atoms with Crippen LogP contribution in [0.15, 0.2) is 48.6 Å². The second kappa shape index (κ2) is 2.66. The minimum Gasteiger partial charge on any atom is -0.0762 e. The summed E-state index contributed by atoms with van der Waals surface area (Å²) in [7, 11) is 0. The highest BCUT2D eigenvalue weighted by Gasteiger charge is 2.79. The van der Waals surface area contributed by atoms with E-state index in [1.807, 2.05) is 0 Å². The molecule has 0 saturated heterocycles. The molecule has 5 rings (SSSR count). The Hall–Kier alpha value is -1.30. The van der Waals surface area contributed by atoms with Crippen molar-refractivity contribution in [3.63, 3.8) is 0 Å². The van der Waals surface area contributed by atoms with E-state index in [0.29, 0.717) is 16.2 Å². The van der Waals surface area contributed by atoms with Crippen molar-refractivity contribution in [1.29, 1.82) is 0 Å². The molecule has 0 heterocycles. The summed E-state index contributed by atoms with van der Waals surface area (Å²) in [5.41, 5.74) is 4.64. The summed E-state index contributed by atoms with van der Waals surface area (Å²) in [5.74, 6) is 0. The number of allylic oxidation sites excluding steroid dienone is 4. The lowest BCUT2D eigenvalue weighted by atomic mass is 9.68. The van der Waals surface area contributed by atoms with Gasteiger partial charge in [-0.1, -0.05) is 61.4 Å². The molecule has 0 nitrogen and oxygen atoms in total. The van der Waals surface area contributed by atoms with Gasteiger partial charge in [-0.3, -0.25) is 0 Å². The first-order valence-electron chi connectivity index (χ1n) is 7.32. The van der Waals surface area contributed by atoms with Crippen LogP contribution in [0, 0.1) is 5.41 Å². The summed E-state index contributed by atoms with van der Waals surface area (Å²) in [5, 5.41) is 0. The van der Waals surface area contributed by atoms with Crippen molar-refractivity contribution in [2.75, 3.05) is 0 Å². The molecule has 90 valence electrons. The molecular formula is C18H18. The Morgan fingerprint density at radius 3 is 2.39 bits per heavy atom. The van der Waals surface area contributed by atoms with Crippen LogP contribution in [-0.2, 0) is 10.8 Å². The molecule has 2 unspecified atom stereocenters. The summed E-state index contributed by atoms with van der Waals surface area (Å²) < 4.78 is 0. The maximum Gasteiger partial charge on any atom is 0.0247 e. The second-order valence-corrected chi connectivity index (χ2v) is 6.67. The largest absolute Gasteiger partial charge is 0.0762 e. The third kappa shape index (κ3) is 0.725. The number of hydrogen-bond donors (Lipinski definition) is 0. The zero-order valence-corrected chi connectivity index (χ0v) is 10.7. The molecule has 0 aliphatic heterocycles. The fraction of sp³-hybridized carbons (Fsp3) is 0.444.